The summed E-state index contributed by atoms with van der Waals surface area (Å²) >= 11 is 1.95. The molecular weight excluding hydrogens is 292 g/mol. The second kappa shape index (κ2) is 5.86. The Morgan fingerprint density at radius 1 is 1.40 bits per heavy atom. The number of fused-ring (bicyclic) bond motifs is 1. The number of carbonyl (C=O) groups excluding carboxylic acids is 1. The van der Waals surface area contributed by atoms with Gasteiger partial charge in [0.2, 0.25) is 0 Å². The maximum Gasteiger partial charge on any atom is 0.253 e. The maximum absolute atomic E-state index is 12.6. The fourth-order valence-corrected chi connectivity index (χ4v) is 3.92. The molecule has 0 bridgehead atoms. The summed E-state index contributed by atoms with van der Waals surface area (Å²) in [4.78, 5) is 14.6. The molecular formula is C15H21ClN2OS. The quantitative estimate of drug-likeness (QED) is 0.865. The van der Waals surface area contributed by atoms with Gasteiger partial charge in [-0.2, -0.15) is 11.8 Å². The molecule has 110 valence electrons. The second-order valence-electron chi connectivity index (χ2n) is 5.88. The van der Waals surface area contributed by atoms with Gasteiger partial charge in [-0.1, -0.05) is 0 Å². The fraction of sp³-hybridized carbons (Fsp3) is 0.533. The zero-order chi connectivity index (χ0) is 13.5. The molecule has 0 aliphatic carbocycles. The highest BCUT2D eigenvalue weighted by Gasteiger charge is 2.30. The number of anilines is 1. The molecule has 2 aliphatic heterocycles. The monoisotopic (exact) mass is 312 g/mol. The minimum atomic E-state index is 0. The molecule has 0 saturated carbocycles. The largest absolute Gasteiger partial charge is 0.384 e. The Bertz CT molecular complexity index is 519. The lowest BCUT2D eigenvalue weighted by Crippen LogP contribution is -2.46. The van der Waals surface area contributed by atoms with Crippen LogP contribution in [0, 0.1) is 0 Å². The van der Waals surface area contributed by atoms with Crippen molar-refractivity contribution in [3.05, 3.63) is 29.3 Å². The summed E-state index contributed by atoms with van der Waals surface area (Å²) in [5, 5.41) is 3.33. The summed E-state index contributed by atoms with van der Waals surface area (Å²) < 4.78 is 0.173. The Hall–Kier alpha value is -0.870. The van der Waals surface area contributed by atoms with E-state index < -0.39 is 0 Å². The second-order valence-corrected chi connectivity index (χ2v) is 7.69. The summed E-state index contributed by atoms with van der Waals surface area (Å²) in [7, 11) is 0. The number of thioether (sulfide) groups is 1. The molecule has 5 heteroatoms. The first-order valence-corrected chi connectivity index (χ1v) is 7.84. The van der Waals surface area contributed by atoms with E-state index in [-0.39, 0.29) is 23.1 Å². The van der Waals surface area contributed by atoms with Crippen LogP contribution in [0.1, 0.15) is 29.8 Å². The van der Waals surface area contributed by atoms with E-state index in [4.69, 9.17) is 0 Å². The molecule has 1 saturated heterocycles. The standard InChI is InChI=1S/C15H20N2OS.ClH/c1-15(2)10-17(7-8-19-15)14(18)12-3-4-13-11(9-12)5-6-16-13;/h3-4,9,16H,5-8,10H2,1-2H3;1H. The molecule has 3 nitrogen and oxygen atoms in total. The van der Waals surface area contributed by atoms with Gasteiger partial charge in [0.05, 0.1) is 0 Å². The zero-order valence-corrected chi connectivity index (χ0v) is 13.6. The van der Waals surface area contributed by atoms with Crippen LogP contribution in [0.2, 0.25) is 0 Å². The van der Waals surface area contributed by atoms with Crippen molar-refractivity contribution in [3.8, 4) is 0 Å². The van der Waals surface area contributed by atoms with E-state index in [9.17, 15) is 4.79 Å². The highest BCUT2D eigenvalue weighted by molar-refractivity contribution is 8.00. The maximum atomic E-state index is 12.6. The van der Waals surface area contributed by atoms with Gasteiger partial charge in [-0.3, -0.25) is 4.79 Å². The van der Waals surface area contributed by atoms with Gasteiger partial charge in [-0.15, -0.1) is 12.4 Å². The Morgan fingerprint density at radius 2 is 2.20 bits per heavy atom. The van der Waals surface area contributed by atoms with E-state index in [0.717, 1.165) is 37.4 Å². The molecule has 1 amide bonds. The van der Waals surface area contributed by atoms with Crippen molar-refractivity contribution in [3.63, 3.8) is 0 Å². The van der Waals surface area contributed by atoms with Crippen LogP contribution >= 0.6 is 24.2 Å². The van der Waals surface area contributed by atoms with Crippen LogP contribution < -0.4 is 5.32 Å². The summed E-state index contributed by atoms with van der Waals surface area (Å²) in [5.41, 5.74) is 3.30. The molecule has 0 radical (unpaired) electrons. The van der Waals surface area contributed by atoms with Crippen molar-refractivity contribution in [1.82, 2.24) is 4.90 Å². The number of carbonyl (C=O) groups is 1. The van der Waals surface area contributed by atoms with E-state index in [1.165, 1.54) is 11.3 Å². The SMILES string of the molecule is CC1(C)CN(C(=O)c2ccc3c(c2)CCN3)CCS1.Cl. The molecule has 20 heavy (non-hydrogen) atoms. The molecule has 1 fully saturated rings. The van der Waals surface area contributed by atoms with Crippen molar-refractivity contribution < 1.29 is 4.79 Å². The molecule has 1 aromatic rings. The lowest BCUT2D eigenvalue weighted by Gasteiger charge is -2.37. The lowest BCUT2D eigenvalue weighted by molar-refractivity contribution is 0.0748. The van der Waals surface area contributed by atoms with Crippen LogP contribution in [-0.4, -0.2) is 40.9 Å². The summed E-state index contributed by atoms with van der Waals surface area (Å²) in [6.45, 7) is 7.11. The summed E-state index contributed by atoms with van der Waals surface area (Å²) in [6, 6.07) is 6.06. The molecule has 1 N–H and O–H groups in total. The Kier molecular flexibility index (Phi) is 4.55. The average Bonchev–Trinajstić information content (AvgIpc) is 2.83. The third-order valence-electron chi connectivity index (χ3n) is 3.77. The van der Waals surface area contributed by atoms with Gasteiger partial charge < -0.3 is 10.2 Å². The van der Waals surface area contributed by atoms with Crippen molar-refractivity contribution >= 4 is 35.8 Å². The van der Waals surface area contributed by atoms with E-state index >= 15 is 0 Å². The van der Waals surface area contributed by atoms with E-state index in [1.54, 1.807) is 0 Å². The lowest BCUT2D eigenvalue weighted by atomic mass is 10.1. The van der Waals surface area contributed by atoms with Crippen molar-refractivity contribution in [2.45, 2.75) is 25.0 Å². The summed E-state index contributed by atoms with van der Waals surface area (Å²) in [6.07, 6.45) is 1.03. The topological polar surface area (TPSA) is 32.3 Å². The number of halogens is 1. The summed E-state index contributed by atoms with van der Waals surface area (Å²) in [5.74, 6) is 1.22. The van der Waals surface area contributed by atoms with Crippen LogP contribution in [0.3, 0.4) is 0 Å². The highest BCUT2D eigenvalue weighted by atomic mass is 35.5. The first-order chi connectivity index (χ1) is 9.05. The smallest absolute Gasteiger partial charge is 0.253 e. The molecule has 2 aliphatic rings. The highest BCUT2D eigenvalue weighted by Crippen LogP contribution is 2.31. The third-order valence-corrected chi connectivity index (χ3v) is 5.07. The molecule has 2 heterocycles. The molecule has 0 unspecified atom stereocenters. The number of hydrogen-bond donors (Lipinski definition) is 1. The minimum absolute atomic E-state index is 0. The van der Waals surface area contributed by atoms with Gasteiger partial charge in [0.1, 0.15) is 0 Å². The van der Waals surface area contributed by atoms with Crippen LogP contribution in [0.4, 0.5) is 5.69 Å². The van der Waals surface area contributed by atoms with Crippen molar-refractivity contribution in [2.75, 3.05) is 30.7 Å². The third kappa shape index (κ3) is 3.07. The molecule has 1 aromatic carbocycles. The normalized spacial score (nSPS) is 19.8. The molecule has 3 rings (SSSR count). The average molecular weight is 313 g/mol. The zero-order valence-electron chi connectivity index (χ0n) is 11.9. The number of nitrogens with one attached hydrogen (secondary N) is 1. The first-order valence-electron chi connectivity index (χ1n) is 6.85. The van der Waals surface area contributed by atoms with Gasteiger partial charge in [0, 0.05) is 41.4 Å². The number of benzene rings is 1. The van der Waals surface area contributed by atoms with E-state index in [0.29, 0.717) is 0 Å². The number of hydrogen-bond acceptors (Lipinski definition) is 3. The van der Waals surface area contributed by atoms with E-state index in [2.05, 4.69) is 25.2 Å². The number of amides is 1. The Balaban J connectivity index is 0.00000147. The molecule has 0 atom stereocenters. The molecule has 0 aromatic heterocycles. The van der Waals surface area contributed by atoms with Gasteiger partial charge in [0.15, 0.2) is 0 Å². The Labute approximate surface area is 130 Å². The van der Waals surface area contributed by atoms with Crippen LogP contribution in [0.15, 0.2) is 18.2 Å². The predicted molar refractivity (Wildman–Crippen MR) is 88.3 cm³/mol. The number of rotatable bonds is 1. The van der Waals surface area contributed by atoms with Crippen LogP contribution in [0.5, 0.6) is 0 Å². The van der Waals surface area contributed by atoms with E-state index in [1.807, 2.05) is 28.8 Å². The first kappa shape index (κ1) is 15.5. The van der Waals surface area contributed by atoms with Crippen LogP contribution in [0.25, 0.3) is 0 Å². The fourth-order valence-electron chi connectivity index (χ4n) is 2.81. The van der Waals surface area contributed by atoms with Gasteiger partial charge in [0.25, 0.3) is 5.91 Å². The van der Waals surface area contributed by atoms with Gasteiger partial charge >= 0.3 is 0 Å². The molecule has 0 spiro atoms. The predicted octanol–water partition coefficient (Wildman–Crippen LogP) is 3.04. The van der Waals surface area contributed by atoms with Crippen LogP contribution in [-0.2, 0) is 6.42 Å². The van der Waals surface area contributed by atoms with Gasteiger partial charge in [-0.25, -0.2) is 0 Å². The van der Waals surface area contributed by atoms with Crippen molar-refractivity contribution in [1.29, 1.82) is 0 Å². The minimum Gasteiger partial charge on any atom is -0.384 e. The van der Waals surface area contributed by atoms with Crippen molar-refractivity contribution in [2.24, 2.45) is 0 Å². The van der Waals surface area contributed by atoms with Gasteiger partial charge in [-0.05, 0) is 44.0 Å². The Morgan fingerprint density at radius 3 is 2.95 bits per heavy atom. The number of nitrogens with zero attached hydrogens (tertiary/aromatic N) is 1.